The number of ether oxygens (including phenoxy) is 1. The van der Waals surface area contributed by atoms with Crippen molar-refractivity contribution in [2.45, 2.75) is 57.4 Å². The summed E-state index contributed by atoms with van der Waals surface area (Å²) in [5.74, 6) is 0.221. The molecule has 3 amide bonds. The minimum atomic E-state index is -0.351. The molecule has 0 radical (unpaired) electrons. The van der Waals surface area contributed by atoms with E-state index in [1.54, 1.807) is 7.11 Å². The number of hydrogen-bond acceptors (Lipinski definition) is 3. The summed E-state index contributed by atoms with van der Waals surface area (Å²) in [6.45, 7) is 3.33. The molecule has 1 atom stereocenters. The molecule has 6 nitrogen and oxygen atoms in total. The molecule has 0 aromatic heterocycles. The van der Waals surface area contributed by atoms with Gasteiger partial charge in [0.15, 0.2) is 0 Å². The van der Waals surface area contributed by atoms with Crippen LogP contribution in [0, 0.1) is 5.41 Å². The standard InChI is InChI=1S/C18H31N3O3/c1-24-13-12-20-10-5-8-18(16(20)22)9-11-21(14-18)17(23)19-15-6-3-2-4-7-15/h15H,2-14H2,1H3,(H,19,23)/t18-/m1/s1. The van der Waals surface area contributed by atoms with Gasteiger partial charge in [0.1, 0.15) is 0 Å². The molecule has 136 valence electrons. The van der Waals surface area contributed by atoms with Crippen LogP contribution < -0.4 is 5.32 Å². The zero-order valence-electron chi connectivity index (χ0n) is 14.9. The molecule has 0 aromatic rings. The van der Waals surface area contributed by atoms with E-state index < -0.39 is 0 Å². The largest absolute Gasteiger partial charge is 0.383 e. The molecule has 0 aromatic carbocycles. The van der Waals surface area contributed by atoms with Gasteiger partial charge in [-0.1, -0.05) is 19.3 Å². The van der Waals surface area contributed by atoms with E-state index in [0.29, 0.717) is 32.3 Å². The van der Waals surface area contributed by atoms with Crippen LogP contribution in [0.2, 0.25) is 0 Å². The van der Waals surface area contributed by atoms with Crippen molar-refractivity contribution in [2.24, 2.45) is 5.41 Å². The normalized spacial score (nSPS) is 28.6. The minimum absolute atomic E-state index is 0.0283. The summed E-state index contributed by atoms with van der Waals surface area (Å²) in [6, 6.07) is 0.351. The number of amides is 3. The molecule has 24 heavy (non-hydrogen) atoms. The van der Waals surface area contributed by atoms with Crippen molar-refractivity contribution in [3.63, 3.8) is 0 Å². The van der Waals surface area contributed by atoms with E-state index in [9.17, 15) is 9.59 Å². The highest BCUT2D eigenvalue weighted by Gasteiger charge is 2.49. The Hall–Kier alpha value is -1.30. The van der Waals surface area contributed by atoms with Crippen LogP contribution >= 0.6 is 0 Å². The number of hydrogen-bond donors (Lipinski definition) is 1. The van der Waals surface area contributed by atoms with Gasteiger partial charge in [-0.15, -0.1) is 0 Å². The van der Waals surface area contributed by atoms with Gasteiger partial charge in [-0.2, -0.15) is 0 Å². The number of urea groups is 1. The molecular formula is C18H31N3O3. The average Bonchev–Trinajstić information content (AvgIpc) is 3.03. The van der Waals surface area contributed by atoms with Gasteiger partial charge in [-0.25, -0.2) is 4.79 Å². The summed E-state index contributed by atoms with van der Waals surface area (Å²) in [6.07, 6.45) is 8.61. The number of rotatable bonds is 4. The van der Waals surface area contributed by atoms with Gasteiger partial charge in [0.05, 0.1) is 12.0 Å². The van der Waals surface area contributed by atoms with Crippen LogP contribution in [0.1, 0.15) is 51.4 Å². The molecule has 6 heteroatoms. The quantitative estimate of drug-likeness (QED) is 0.853. The molecule has 2 heterocycles. The molecule has 3 rings (SSSR count). The molecule has 2 saturated heterocycles. The third-order valence-corrected chi connectivity index (χ3v) is 5.96. The first kappa shape index (κ1) is 17.5. The van der Waals surface area contributed by atoms with E-state index in [1.165, 1.54) is 19.3 Å². The first-order chi connectivity index (χ1) is 11.6. The van der Waals surface area contributed by atoms with Crippen molar-refractivity contribution in [1.29, 1.82) is 0 Å². The number of piperidine rings is 1. The third kappa shape index (κ3) is 3.68. The lowest BCUT2D eigenvalue weighted by molar-refractivity contribution is -0.146. The smallest absolute Gasteiger partial charge is 0.317 e. The van der Waals surface area contributed by atoms with E-state index >= 15 is 0 Å². The Bertz CT molecular complexity index is 464. The molecule has 1 saturated carbocycles. The van der Waals surface area contributed by atoms with Gasteiger partial charge in [-0.3, -0.25) is 4.79 Å². The van der Waals surface area contributed by atoms with E-state index in [1.807, 2.05) is 9.80 Å². The predicted molar refractivity (Wildman–Crippen MR) is 91.7 cm³/mol. The van der Waals surface area contributed by atoms with Gasteiger partial charge >= 0.3 is 6.03 Å². The highest BCUT2D eigenvalue weighted by molar-refractivity contribution is 5.85. The molecule has 0 bridgehead atoms. The predicted octanol–water partition coefficient (Wildman–Crippen LogP) is 1.99. The van der Waals surface area contributed by atoms with Crippen LogP contribution in [0.15, 0.2) is 0 Å². The maximum Gasteiger partial charge on any atom is 0.317 e. The second-order valence-corrected chi connectivity index (χ2v) is 7.62. The van der Waals surface area contributed by atoms with E-state index in [0.717, 1.165) is 38.6 Å². The highest BCUT2D eigenvalue weighted by Crippen LogP contribution is 2.40. The number of carbonyl (C=O) groups is 2. The zero-order chi connectivity index (χ0) is 17.0. The topological polar surface area (TPSA) is 61.9 Å². The van der Waals surface area contributed by atoms with E-state index in [2.05, 4.69) is 5.32 Å². The van der Waals surface area contributed by atoms with Crippen molar-refractivity contribution in [1.82, 2.24) is 15.1 Å². The number of carbonyl (C=O) groups excluding carboxylic acids is 2. The van der Waals surface area contributed by atoms with Crippen molar-refractivity contribution in [3.8, 4) is 0 Å². The highest BCUT2D eigenvalue weighted by atomic mass is 16.5. The molecular weight excluding hydrogens is 306 g/mol. The fourth-order valence-electron chi connectivity index (χ4n) is 4.50. The summed E-state index contributed by atoms with van der Waals surface area (Å²) in [4.78, 5) is 29.3. The van der Waals surface area contributed by atoms with Crippen LogP contribution in [0.3, 0.4) is 0 Å². The van der Waals surface area contributed by atoms with E-state index in [4.69, 9.17) is 4.74 Å². The van der Waals surface area contributed by atoms with Gasteiger partial charge in [0, 0.05) is 39.3 Å². The summed E-state index contributed by atoms with van der Waals surface area (Å²) < 4.78 is 5.12. The molecule has 2 aliphatic heterocycles. The lowest BCUT2D eigenvalue weighted by Crippen LogP contribution is -2.52. The Morgan fingerprint density at radius 3 is 2.75 bits per heavy atom. The molecule has 3 aliphatic rings. The first-order valence-electron chi connectivity index (χ1n) is 9.48. The fourth-order valence-corrected chi connectivity index (χ4v) is 4.50. The van der Waals surface area contributed by atoms with Crippen molar-refractivity contribution < 1.29 is 14.3 Å². The van der Waals surface area contributed by atoms with Crippen LogP contribution in [-0.4, -0.2) is 67.7 Å². The zero-order valence-corrected chi connectivity index (χ0v) is 14.9. The molecule has 1 spiro atoms. The van der Waals surface area contributed by atoms with E-state index in [-0.39, 0.29) is 17.4 Å². The summed E-state index contributed by atoms with van der Waals surface area (Å²) >= 11 is 0. The SMILES string of the molecule is COCCN1CCC[C@]2(CCN(C(=O)NC3CCCCC3)C2)C1=O. The van der Waals surface area contributed by atoms with Crippen LogP contribution in [0.25, 0.3) is 0 Å². The first-order valence-corrected chi connectivity index (χ1v) is 9.48. The molecule has 1 aliphatic carbocycles. The van der Waals surface area contributed by atoms with Crippen molar-refractivity contribution >= 4 is 11.9 Å². The molecule has 3 fully saturated rings. The number of nitrogens with one attached hydrogen (secondary N) is 1. The molecule has 0 unspecified atom stereocenters. The van der Waals surface area contributed by atoms with Crippen molar-refractivity contribution in [3.05, 3.63) is 0 Å². The third-order valence-electron chi connectivity index (χ3n) is 5.96. The number of nitrogens with zero attached hydrogens (tertiary/aromatic N) is 2. The van der Waals surface area contributed by atoms with Gasteiger partial charge in [0.2, 0.25) is 5.91 Å². The minimum Gasteiger partial charge on any atom is -0.383 e. The monoisotopic (exact) mass is 337 g/mol. The summed E-state index contributed by atoms with van der Waals surface area (Å²) in [5.41, 5.74) is -0.351. The maximum absolute atomic E-state index is 12.9. The Morgan fingerprint density at radius 1 is 1.21 bits per heavy atom. The van der Waals surface area contributed by atoms with Gasteiger partial charge in [0.25, 0.3) is 0 Å². The van der Waals surface area contributed by atoms with Crippen LogP contribution in [-0.2, 0) is 9.53 Å². The number of likely N-dealkylation sites (tertiary alicyclic amines) is 2. The fraction of sp³-hybridized carbons (Fsp3) is 0.889. The second kappa shape index (κ2) is 7.72. The lowest BCUT2D eigenvalue weighted by atomic mass is 9.78. The van der Waals surface area contributed by atoms with Gasteiger partial charge < -0.3 is 19.9 Å². The lowest BCUT2D eigenvalue weighted by Gasteiger charge is -2.39. The maximum atomic E-state index is 12.9. The Morgan fingerprint density at radius 2 is 2.00 bits per heavy atom. The van der Waals surface area contributed by atoms with Crippen LogP contribution in [0.5, 0.6) is 0 Å². The Labute approximate surface area is 144 Å². The summed E-state index contributed by atoms with van der Waals surface area (Å²) in [5, 5.41) is 3.19. The summed E-state index contributed by atoms with van der Waals surface area (Å²) in [7, 11) is 1.66. The van der Waals surface area contributed by atoms with Crippen LogP contribution in [0.4, 0.5) is 4.79 Å². The Balaban J connectivity index is 1.56. The number of methoxy groups -OCH3 is 1. The van der Waals surface area contributed by atoms with Gasteiger partial charge in [-0.05, 0) is 32.1 Å². The molecule has 1 N–H and O–H groups in total. The average molecular weight is 337 g/mol. The second-order valence-electron chi connectivity index (χ2n) is 7.62. The van der Waals surface area contributed by atoms with Crippen molar-refractivity contribution in [2.75, 3.05) is 39.9 Å². The Kier molecular flexibility index (Phi) is 5.64.